The maximum Gasteiger partial charge on any atom is 0.262 e. The molecule has 1 amide bonds. The van der Waals surface area contributed by atoms with Crippen molar-refractivity contribution in [3.63, 3.8) is 0 Å². The number of nitrogens with one attached hydrogen (secondary N) is 1. The molecule has 1 heterocycles. The van der Waals surface area contributed by atoms with Gasteiger partial charge >= 0.3 is 0 Å². The number of halogens is 1. The van der Waals surface area contributed by atoms with Gasteiger partial charge in [0.05, 0.1) is 5.69 Å². The van der Waals surface area contributed by atoms with E-state index < -0.39 is 0 Å². The Balaban J connectivity index is 1.36. The van der Waals surface area contributed by atoms with Gasteiger partial charge in [0.2, 0.25) is 0 Å². The molecule has 1 N–H and O–H groups in total. The number of carbonyl (C=O) groups excluding carboxylic acids is 1. The second-order valence-corrected chi connectivity index (χ2v) is 8.07. The van der Waals surface area contributed by atoms with E-state index in [9.17, 15) is 4.79 Å². The number of aryl methyl sites for hydroxylation is 1. The molecule has 0 radical (unpaired) electrons. The highest BCUT2D eigenvalue weighted by Gasteiger charge is 2.08. The van der Waals surface area contributed by atoms with Crippen LogP contribution >= 0.6 is 22.9 Å². The number of aromatic nitrogens is 1. The van der Waals surface area contributed by atoms with Crippen molar-refractivity contribution in [2.45, 2.75) is 6.92 Å². The topological polar surface area (TPSA) is 51.2 Å². The van der Waals surface area contributed by atoms with Gasteiger partial charge in [-0.3, -0.25) is 4.79 Å². The van der Waals surface area contributed by atoms with E-state index in [0.29, 0.717) is 16.5 Å². The van der Waals surface area contributed by atoms with Gasteiger partial charge in [0.15, 0.2) is 6.61 Å². The van der Waals surface area contributed by atoms with Crippen molar-refractivity contribution in [2.24, 2.45) is 0 Å². The SMILES string of the molecule is Cc1ccc(OCC(=O)Nc2ccc(-c3csc(-c4ccc(Cl)cc4)n3)cc2)cc1. The van der Waals surface area contributed by atoms with Crippen LogP contribution in [-0.4, -0.2) is 17.5 Å². The first kappa shape index (κ1) is 20.1. The maximum atomic E-state index is 12.1. The van der Waals surface area contributed by atoms with Crippen molar-refractivity contribution in [3.05, 3.63) is 88.8 Å². The maximum absolute atomic E-state index is 12.1. The van der Waals surface area contributed by atoms with Crippen LogP contribution in [0.1, 0.15) is 5.56 Å². The lowest BCUT2D eigenvalue weighted by Crippen LogP contribution is -2.20. The highest BCUT2D eigenvalue weighted by molar-refractivity contribution is 7.13. The molecule has 30 heavy (non-hydrogen) atoms. The van der Waals surface area contributed by atoms with Crippen molar-refractivity contribution >= 4 is 34.5 Å². The minimum Gasteiger partial charge on any atom is -0.484 e. The number of benzene rings is 3. The van der Waals surface area contributed by atoms with Gasteiger partial charge in [-0.25, -0.2) is 4.98 Å². The molecule has 0 spiro atoms. The van der Waals surface area contributed by atoms with E-state index >= 15 is 0 Å². The van der Waals surface area contributed by atoms with Crippen LogP contribution in [0.15, 0.2) is 78.2 Å². The van der Waals surface area contributed by atoms with Crippen molar-refractivity contribution in [2.75, 3.05) is 11.9 Å². The van der Waals surface area contributed by atoms with Gasteiger partial charge in [-0.15, -0.1) is 11.3 Å². The molecule has 0 aliphatic carbocycles. The third-order valence-electron chi connectivity index (χ3n) is 4.45. The van der Waals surface area contributed by atoms with Crippen LogP contribution in [0, 0.1) is 6.92 Å². The Morgan fingerprint density at radius 1 is 0.967 bits per heavy atom. The molecule has 4 aromatic rings. The smallest absolute Gasteiger partial charge is 0.262 e. The molecule has 0 saturated heterocycles. The number of thiazole rings is 1. The molecule has 0 bridgehead atoms. The van der Waals surface area contributed by atoms with Crippen molar-refractivity contribution in [1.82, 2.24) is 4.98 Å². The summed E-state index contributed by atoms with van der Waals surface area (Å²) in [5, 5.41) is 6.51. The number of hydrogen-bond donors (Lipinski definition) is 1. The molecular weight excluding hydrogens is 416 g/mol. The second-order valence-electron chi connectivity index (χ2n) is 6.77. The quantitative estimate of drug-likeness (QED) is 0.379. The summed E-state index contributed by atoms with van der Waals surface area (Å²) >= 11 is 7.54. The molecule has 0 aliphatic heterocycles. The number of carbonyl (C=O) groups is 1. The van der Waals surface area contributed by atoms with E-state index in [1.54, 1.807) is 11.3 Å². The molecule has 3 aromatic carbocycles. The Bertz CT molecular complexity index is 1140. The summed E-state index contributed by atoms with van der Waals surface area (Å²) < 4.78 is 5.51. The lowest BCUT2D eigenvalue weighted by Gasteiger charge is -2.08. The van der Waals surface area contributed by atoms with E-state index in [1.807, 2.05) is 85.1 Å². The summed E-state index contributed by atoms with van der Waals surface area (Å²) in [7, 11) is 0. The third kappa shape index (κ3) is 5.06. The van der Waals surface area contributed by atoms with E-state index in [0.717, 1.165) is 27.4 Å². The molecule has 150 valence electrons. The summed E-state index contributed by atoms with van der Waals surface area (Å²) in [6.07, 6.45) is 0. The average molecular weight is 435 g/mol. The highest BCUT2D eigenvalue weighted by atomic mass is 35.5. The van der Waals surface area contributed by atoms with E-state index in [2.05, 4.69) is 5.32 Å². The normalized spacial score (nSPS) is 10.6. The summed E-state index contributed by atoms with van der Waals surface area (Å²) in [6.45, 7) is 1.96. The summed E-state index contributed by atoms with van der Waals surface area (Å²) in [4.78, 5) is 16.8. The first-order chi connectivity index (χ1) is 14.6. The standard InChI is InChI=1S/C24H19ClN2O2S/c1-16-2-12-21(13-3-16)29-14-23(28)26-20-10-6-17(7-11-20)22-15-30-24(27-22)18-4-8-19(25)9-5-18/h2-13,15H,14H2,1H3,(H,26,28). The first-order valence-corrected chi connectivity index (χ1v) is 10.6. The molecule has 0 atom stereocenters. The molecule has 6 heteroatoms. The van der Waals surface area contributed by atoms with E-state index in [4.69, 9.17) is 21.3 Å². The minimum absolute atomic E-state index is 0.0403. The Morgan fingerprint density at radius 3 is 2.33 bits per heavy atom. The molecule has 4 nitrogen and oxygen atoms in total. The zero-order valence-electron chi connectivity index (χ0n) is 16.3. The Kier molecular flexibility index (Phi) is 6.12. The number of rotatable bonds is 6. The predicted molar refractivity (Wildman–Crippen MR) is 123 cm³/mol. The number of anilines is 1. The molecule has 0 aliphatic rings. The zero-order valence-corrected chi connectivity index (χ0v) is 17.8. The predicted octanol–water partition coefficient (Wildman–Crippen LogP) is 6.46. The lowest BCUT2D eigenvalue weighted by atomic mass is 10.1. The first-order valence-electron chi connectivity index (χ1n) is 9.38. The fourth-order valence-electron chi connectivity index (χ4n) is 2.84. The second kappa shape index (κ2) is 9.11. The Hall–Kier alpha value is -3.15. The summed E-state index contributed by atoms with van der Waals surface area (Å²) in [5.41, 5.74) is 4.77. The number of ether oxygens (including phenoxy) is 1. The molecule has 4 rings (SSSR count). The van der Waals surface area contributed by atoms with Gasteiger partial charge in [0.25, 0.3) is 5.91 Å². The van der Waals surface area contributed by atoms with Gasteiger partial charge in [-0.1, -0.05) is 53.6 Å². The van der Waals surface area contributed by atoms with Gasteiger partial charge < -0.3 is 10.1 Å². The van der Waals surface area contributed by atoms with Crippen LogP contribution in [0.2, 0.25) is 5.02 Å². The van der Waals surface area contributed by atoms with Crippen molar-refractivity contribution < 1.29 is 9.53 Å². The van der Waals surface area contributed by atoms with Crippen LogP contribution in [0.5, 0.6) is 5.75 Å². The molecular formula is C24H19ClN2O2S. The molecule has 0 fully saturated rings. The van der Waals surface area contributed by atoms with Crippen molar-refractivity contribution in [1.29, 1.82) is 0 Å². The van der Waals surface area contributed by atoms with Gasteiger partial charge in [0.1, 0.15) is 10.8 Å². The van der Waals surface area contributed by atoms with Crippen LogP contribution < -0.4 is 10.1 Å². The largest absolute Gasteiger partial charge is 0.484 e. The number of nitrogens with zero attached hydrogens (tertiary/aromatic N) is 1. The Labute approximate surface area is 184 Å². The summed E-state index contributed by atoms with van der Waals surface area (Å²) in [5.74, 6) is 0.466. The summed E-state index contributed by atoms with van der Waals surface area (Å²) in [6, 6.07) is 22.8. The van der Waals surface area contributed by atoms with Crippen LogP contribution in [0.3, 0.4) is 0 Å². The fourth-order valence-corrected chi connectivity index (χ4v) is 3.80. The van der Waals surface area contributed by atoms with Gasteiger partial charge in [-0.2, -0.15) is 0 Å². The van der Waals surface area contributed by atoms with Gasteiger partial charge in [-0.05, 0) is 43.3 Å². The van der Waals surface area contributed by atoms with E-state index in [1.165, 1.54) is 0 Å². The zero-order chi connectivity index (χ0) is 20.9. The van der Waals surface area contributed by atoms with Crippen molar-refractivity contribution in [3.8, 4) is 27.6 Å². The fraction of sp³-hybridized carbons (Fsp3) is 0.0833. The van der Waals surface area contributed by atoms with Gasteiger partial charge in [0, 0.05) is 27.2 Å². The van der Waals surface area contributed by atoms with Crippen LogP contribution in [0.25, 0.3) is 21.8 Å². The third-order valence-corrected chi connectivity index (χ3v) is 5.59. The van der Waals surface area contributed by atoms with Crippen LogP contribution in [-0.2, 0) is 4.79 Å². The van der Waals surface area contributed by atoms with E-state index in [-0.39, 0.29) is 12.5 Å². The number of amides is 1. The Morgan fingerprint density at radius 2 is 1.63 bits per heavy atom. The molecule has 0 unspecified atom stereocenters. The lowest BCUT2D eigenvalue weighted by molar-refractivity contribution is -0.118. The average Bonchev–Trinajstić information content (AvgIpc) is 3.25. The van der Waals surface area contributed by atoms with Crippen LogP contribution in [0.4, 0.5) is 5.69 Å². The monoisotopic (exact) mass is 434 g/mol. The highest BCUT2D eigenvalue weighted by Crippen LogP contribution is 2.30. The number of hydrogen-bond acceptors (Lipinski definition) is 4. The minimum atomic E-state index is -0.206. The molecule has 1 aromatic heterocycles. The molecule has 0 saturated carbocycles.